The van der Waals surface area contributed by atoms with E-state index in [2.05, 4.69) is 123 Å². The SMILES string of the molecule is CC/C=C\C/C=C\C/C=C\C/C=C\C/C=C\CCCCCC(=O)OC1C(OCC(NC(=O)C(O)CCCCCCCCCCC/C=C\C/C=C\C/C=C\CCCCC)C(O)/C=C/CCCCCCCCCCCC)OC(CO)C(O)C1O. The van der Waals surface area contributed by atoms with Crippen molar-refractivity contribution in [3.63, 3.8) is 0 Å². The van der Waals surface area contributed by atoms with E-state index in [4.69, 9.17) is 14.2 Å². The van der Waals surface area contributed by atoms with E-state index in [1.165, 1.54) is 103 Å². The van der Waals surface area contributed by atoms with Crippen LogP contribution in [0.3, 0.4) is 0 Å². The molecule has 0 saturated carbocycles. The summed E-state index contributed by atoms with van der Waals surface area (Å²) in [5, 5.41) is 57.1. The van der Waals surface area contributed by atoms with E-state index in [0.29, 0.717) is 12.8 Å². The van der Waals surface area contributed by atoms with Gasteiger partial charge in [0.25, 0.3) is 0 Å². The van der Waals surface area contributed by atoms with Gasteiger partial charge in [-0.25, -0.2) is 0 Å². The molecular weight excluding hydrogens is 1030 g/mol. The number of nitrogens with one attached hydrogen (secondary N) is 1. The molecule has 6 N–H and O–H groups in total. The van der Waals surface area contributed by atoms with Gasteiger partial charge >= 0.3 is 5.97 Å². The molecule has 11 nitrogen and oxygen atoms in total. The Bertz CT molecular complexity index is 1750. The van der Waals surface area contributed by atoms with Crippen LogP contribution >= 0.6 is 0 Å². The Labute approximate surface area is 500 Å². The first-order valence-electron chi connectivity index (χ1n) is 33.2. The van der Waals surface area contributed by atoms with Gasteiger partial charge in [-0.15, -0.1) is 0 Å². The van der Waals surface area contributed by atoms with Crippen LogP contribution in [0.2, 0.25) is 0 Å². The van der Waals surface area contributed by atoms with Crippen molar-refractivity contribution in [1.29, 1.82) is 0 Å². The van der Waals surface area contributed by atoms with Crippen molar-refractivity contribution in [2.45, 2.75) is 314 Å². The highest BCUT2D eigenvalue weighted by molar-refractivity contribution is 5.80. The Morgan fingerprint density at radius 2 is 0.878 bits per heavy atom. The van der Waals surface area contributed by atoms with Gasteiger partial charge in [0.05, 0.1) is 25.4 Å². The fourth-order valence-electron chi connectivity index (χ4n) is 9.68. The van der Waals surface area contributed by atoms with Crippen molar-refractivity contribution < 1.29 is 49.3 Å². The third kappa shape index (κ3) is 44.8. The third-order valence-corrected chi connectivity index (χ3v) is 14.9. The van der Waals surface area contributed by atoms with Gasteiger partial charge in [-0.1, -0.05) is 259 Å². The Kier molecular flexibility index (Phi) is 53.7. The maximum Gasteiger partial charge on any atom is 0.306 e. The molecule has 8 atom stereocenters. The van der Waals surface area contributed by atoms with Gasteiger partial charge in [-0.3, -0.25) is 9.59 Å². The van der Waals surface area contributed by atoms with Crippen molar-refractivity contribution in [2.75, 3.05) is 13.2 Å². The Balaban J connectivity index is 2.66. The lowest BCUT2D eigenvalue weighted by Gasteiger charge is -2.41. The summed E-state index contributed by atoms with van der Waals surface area (Å²) >= 11 is 0. The molecule has 1 saturated heterocycles. The maximum atomic E-state index is 13.5. The van der Waals surface area contributed by atoms with Crippen molar-refractivity contribution in [1.82, 2.24) is 5.32 Å². The van der Waals surface area contributed by atoms with Crippen molar-refractivity contribution in [3.8, 4) is 0 Å². The zero-order valence-electron chi connectivity index (χ0n) is 52.1. The van der Waals surface area contributed by atoms with Crippen molar-refractivity contribution in [2.24, 2.45) is 0 Å². The van der Waals surface area contributed by atoms with Gasteiger partial charge < -0.3 is 45.1 Å². The fraction of sp³-hybridized carbons (Fsp3) is 0.718. The highest BCUT2D eigenvalue weighted by atomic mass is 16.7. The van der Waals surface area contributed by atoms with Crippen LogP contribution in [0.5, 0.6) is 0 Å². The van der Waals surface area contributed by atoms with Crippen LogP contribution in [0.1, 0.15) is 265 Å². The second-order valence-corrected chi connectivity index (χ2v) is 22.5. The number of amides is 1. The van der Waals surface area contributed by atoms with Crippen LogP contribution < -0.4 is 5.32 Å². The predicted molar refractivity (Wildman–Crippen MR) is 342 cm³/mol. The summed E-state index contributed by atoms with van der Waals surface area (Å²) in [6.45, 7) is 5.63. The summed E-state index contributed by atoms with van der Waals surface area (Å²) in [6.07, 6.45) is 68.3. The highest BCUT2D eigenvalue weighted by Gasteiger charge is 2.47. The van der Waals surface area contributed by atoms with Gasteiger partial charge in [0.15, 0.2) is 12.4 Å². The molecule has 0 aromatic heterocycles. The van der Waals surface area contributed by atoms with E-state index < -0.39 is 67.4 Å². The first-order valence-corrected chi connectivity index (χ1v) is 33.2. The minimum absolute atomic E-state index is 0.0788. The van der Waals surface area contributed by atoms with E-state index in [9.17, 15) is 35.1 Å². The molecule has 1 aliphatic rings. The molecule has 0 bridgehead atoms. The molecule has 470 valence electrons. The first-order chi connectivity index (χ1) is 40.2. The van der Waals surface area contributed by atoms with E-state index in [1.54, 1.807) is 6.08 Å². The van der Waals surface area contributed by atoms with E-state index in [1.807, 2.05) is 6.08 Å². The summed E-state index contributed by atoms with van der Waals surface area (Å²) in [5.41, 5.74) is 0. The molecule has 8 unspecified atom stereocenters. The quantitative estimate of drug-likeness (QED) is 0.0195. The number of esters is 1. The Morgan fingerprint density at radius 1 is 0.488 bits per heavy atom. The molecule has 0 radical (unpaired) electrons. The lowest BCUT2D eigenvalue weighted by Crippen LogP contribution is -2.61. The van der Waals surface area contributed by atoms with E-state index >= 15 is 0 Å². The third-order valence-electron chi connectivity index (χ3n) is 14.9. The van der Waals surface area contributed by atoms with Crippen LogP contribution in [-0.4, -0.2) is 99.6 Å². The van der Waals surface area contributed by atoms with Crippen LogP contribution in [0.4, 0.5) is 0 Å². The summed E-state index contributed by atoms with van der Waals surface area (Å²) in [7, 11) is 0. The zero-order valence-corrected chi connectivity index (χ0v) is 52.1. The molecule has 1 heterocycles. The zero-order chi connectivity index (χ0) is 59.6. The molecule has 1 aliphatic heterocycles. The van der Waals surface area contributed by atoms with Gasteiger partial charge in [0.1, 0.15) is 24.4 Å². The normalized spacial score (nSPS) is 19.3. The largest absolute Gasteiger partial charge is 0.454 e. The van der Waals surface area contributed by atoms with E-state index in [-0.39, 0.29) is 19.4 Å². The number of carbonyl (C=O) groups is 2. The number of unbranched alkanes of at least 4 members (excludes halogenated alkanes) is 25. The average molecular weight is 1150 g/mol. The number of carbonyl (C=O) groups excluding carboxylic acids is 2. The molecule has 0 aliphatic carbocycles. The molecule has 82 heavy (non-hydrogen) atoms. The number of aliphatic hydroxyl groups is 5. The van der Waals surface area contributed by atoms with Crippen molar-refractivity contribution >= 4 is 11.9 Å². The lowest BCUT2D eigenvalue weighted by atomic mass is 9.99. The second-order valence-electron chi connectivity index (χ2n) is 22.5. The van der Waals surface area contributed by atoms with Gasteiger partial charge in [0.2, 0.25) is 5.91 Å². The van der Waals surface area contributed by atoms with Gasteiger partial charge in [0, 0.05) is 6.42 Å². The molecule has 11 heteroatoms. The van der Waals surface area contributed by atoms with Crippen LogP contribution in [-0.2, 0) is 23.8 Å². The topological polar surface area (TPSA) is 175 Å². The van der Waals surface area contributed by atoms with Crippen molar-refractivity contribution in [3.05, 3.63) is 109 Å². The van der Waals surface area contributed by atoms with Gasteiger partial charge in [-0.2, -0.15) is 0 Å². The fourth-order valence-corrected chi connectivity index (χ4v) is 9.68. The standard InChI is InChI=1S/C71H121NO10/c1-4-7-10-13-16-19-22-25-27-29-31-32-33-35-36-38-40-43-46-49-52-55-58-64(75)70(79)72-62(63(74)57-54-51-48-45-42-24-21-18-15-12-9-6-3)61-80-71-69(68(78)67(77)65(60-73)81-71)82-66(76)59-56-53-50-47-44-41-39-37-34-30-28-26-23-20-17-14-11-8-5-2/h8,11,16-17,19-20,25-28,31-32,34,37,41,44,54,57,62-65,67-69,71,73-75,77-78H,4-7,9-10,12-15,18,21-24,29-30,33,35-36,38-40,42-43,45-53,55-56,58-61H2,1-3H3,(H,72,79)/b11-8-,19-16-,20-17-,27-25-,28-26-,32-31-,37-34-,44-41-,57-54+. The monoisotopic (exact) mass is 1150 g/mol. The number of allylic oxidation sites excluding steroid dienone is 17. The van der Waals surface area contributed by atoms with Crippen LogP contribution in [0.25, 0.3) is 0 Å². The molecule has 0 aromatic carbocycles. The minimum Gasteiger partial charge on any atom is -0.454 e. The maximum absolute atomic E-state index is 13.5. The minimum atomic E-state index is -1.64. The smallest absolute Gasteiger partial charge is 0.306 e. The molecular formula is C71H121NO10. The second kappa shape index (κ2) is 57.7. The summed E-state index contributed by atoms with van der Waals surface area (Å²) in [5.74, 6) is -1.24. The number of rotatable bonds is 55. The van der Waals surface area contributed by atoms with Crippen LogP contribution in [0.15, 0.2) is 109 Å². The summed E-state index contributed by atoms with van der Waals surface area (Å²) in [6, 6.07) is -1.04. The molecule has 1 fully saturated rings. The number of aliphatic hydroxyl groups excluding tert-OH is 5. The lowest BCUT2D eigenvalue weighted by molar-refractivity contribution is -0.305. The molecule has 1 rings (SSSR count). The predicted octanol–water partition coefficient (Wildman–Crippen LogP) is 16.4. The Morgan fingerprint density at radius 3 is 1.34 bits per heavy atom. The first kappa shape index (κ1) is 76.3. The van der Waals surface area contributed by atoms with Crippen LogP contribution in [0, 0.1) is 0 Å². The average Bonchev–Trinajstić information content (AvgIpc) is 3.44. The summed E-state index contributed by atoms with van der Waals surface area (Å²) < 4.78 is 17.6. The number of hydrogen-bond acceptors (Lipinski definition) is 10. The number of hydrogen-bond donors (Lipinski definition) is 6. The molecule has 0 spiro atoms. The summed E-state index contributed by atoms with van der Waals surface area (Å²) in [4.78, 5) is 26.6. The molecule has 1 amide bonds. The van der Waals surface area contributed by atoms with Gasteiger partial charge in [-0.05, 0) is 109 Å². The van der Waals surface area contributed by atoms with E-state index in [0.717, 1.165) is 116 Å². The number of ether oxygens (including phenoxy) is 3. The molecule has 0 aromatic rings. The highest BCUT2D eigenvalue weighted by Crippen LogP contribution is 2.26. The Hall–Kier alpha value is -3.68.